The number of halogens is 2. The molecule has 0 aliphatic rings. The molecule has 0 amide bonds. The normalized spacial score (nSPS) is 12.0. The van der Waals surface area contributed by atoms with E-state index in [2.05, 4.69) is 10.1 Å². The fraction of sp³-hybridized carbons (Fsp3) is 0.167. The summed E-state index contributed by atoms with van der Waals surface area (Å²) in [5.41, 5.74) is -0.758. The van der Waals surface area contributed by atoms with Crippen molar-refractivity contribution < 1.29 is 22.3 Å². The summed E-state index contributed by atoms with van der Waals surface area (Å²) in [6.07, 6.45) is -2.31. The van der Waals surface area contributed by atoms with Gasteiger partial charge in [-0.3, -0.25) is 4.98 Å². The highest BCUT2D eigenvalue weighted by atomic mass is 32.2. The van der Waals surface area contributed by atoms with E-state index in [1.165, 1.54) is 0 Å². The van der Waals surface area contributed by atoms with Gasteiger partial charge in [-0.1, -0.05) is 0 Å². The minimum Gasteiger partial charge on any atom is -0.505 e. The highest BCUT2D eigenvalue weighted by Gasteiger charge is 2.18. The summed E-state index contributed by atoms with van der Waals surface area (Å²) in [6.45, 7) is 0. The second-order valence-electron chi connectivity index (χ2n) is 2.42. The SMILES string of the molecule is NS(=O)(=O)c1cc(C(F)F)ncc1O. The highest BCUT2D eigenvalue weighted by Crippen LogP contribution is 2.25. The molecule has 3 N–H and O–H groups in total. The van der Waals surface area contributed by atoms with Crippen LogP contribution in [0.5, 0.6) is 5.75 Å². The Morgan fingerprint density at radius 1 is 1.50 bits per heavy atom. The third-order valence-corrected chi connectivity index (χ3v) is 2.34. The number of hydrogen-bond donors (Lipinski definition) is 2. The third-order valence-electron chi connectivity index (χ3n) is 1.40. The minimum atomic E-state index is -4.21. The van der Waals surface area contributed by atoms with Crippen LogP contribution in [0.25, 0.3) is 0 Å². The predicted molar refractivity (Wildman–Crippen MR) is 42.2 cm³/mol. The van der Waals surface area contributed by atoms with Gasteiger partial charge in [-0.05, 0) is 6.07 Å². The summed E-state index contributed by atoms with van der Waals surface area (Å²) < 4.78 is 45.7. The Labute approximate surface area is 78.2 Å². The van der Waals surface area contributed by atoms with E-state index in [0.717, 1.165) is 0 Å². The lowest BCUT2D eigenvalue weighted by molar-refractivity contribution is 0.145. The van der Waals surface area contributed by atoms with Crippen LogP contribution in [0.1, 0.15) is 12.1 Å². The largest absolute Gasteiger partial charge is 0.505 e. The molecule has 14 heavy (non-hydrogen) atoms. The first-order valence-corrected chi connectivity index (χ1v) is 4.87. The van der Waals surface area contributed by atoms with Crippen molar-refractivity contribution in [3.05, 3.63) is 18.0 Å². The maximum Gasteiger partial charge on any atom is 0.280 e. The van der Waals surface area contributed by atoms with Gasteiger partial charge in [0.2, 0.25) is 10.0 Å². The Hall–Kier alpha value is -1.28. The van der Waals surface area contributed by atoms with Crippen molar-refractivity contribution in [2.45, 2.75) is 11.3 Å². The van der Waals surface area contributed by atoms with Crippen molar-refractivity contribution in [3.8, 4) is 5.75 Å². The molecule has 0 saturated carbocycles. The van der Waals surface area contributed by atoms with Crippen molar-refractivity contribution in [3.63, 3.8) is 0 Å². The van der Waals surface area contributed by atoms with Gasteiger partial charge in [-0.2, -0.15) is 0 Å². The number of nitrogens with zero attached hydrogens (tertiary/aromatic N) is 1. The molecule has 1 aromatic rings. The molecule has 0 aliphatic heterocycles. The molecule has 1 aromatic heterocycles. The third kappa shape index (κ3) is 2.15. The molecular weight excluding hydrogens is 218 g/mol. The lowest BCUT2D eigenvalue weighted by Gasteiger charge is -2.03. The van der Waals surface area contributed by atoms with Crippen LogP contribution in [0, 0.1) is 0 Å². The van der Waals surface area contributed by atoms with Crippen molar-refractivity contribution in [2.24, 2.45) is 5.14 Å². The van der Waals surface area contributed by atoms with Crippen LogP contribution in [0.3, 0.4) is 0 Å². The fourth-order valence-corrected chi connectivity index (χ4v) is 1.42. The number of hydrogen-bond acceptors (Lipinski definition) is 4. The molecule has 0 radical (unpaired) electrons. The zero-order valence-corrected chi connectivity index (χ0v) is 7.50. The number of aromatic nitrogens is 1. The lowest BCUT2D eigenvalue weighted by Crippen LogP contribution is -2.13. The molecule has 78 valence electrons. The average Bonchev–Trinajstić information content (AvgIpc) is 2.02. The number of primary sulfonamides is 1. The summed E-state index contributed by atoms with van der Waals surface area (Å²) in [5.74, 6) is -0.753. The molecule has 1 heterocycles. The van der Waals surface area contributed by atoms with Gasteiger partial charge < -0.3 is 5.11 Å². The highest BCUT2D eigenvalue weighted by molar-refractivity contribution is 7.89. The molecule has 0 aliphatic carbocycles. The van der Waals surface area contributed by atoms with Crippen LogP contribution in [-0.2, 0) is 10.0 Å². The number of rotatable bonds is 2. The zero-order chi connectivity index (χ0) is 10.9. The van der Waals surface area contributed by atoms with Gasteiger partial charge >= 0.3 is 0 Å². The van der Waals surface area contributed by atoms with Crippen LogP contribution in [0.15, 0.2) is 17.2 Å². The Morgan fingerprint density at radius 3 is 2.50 bits per heavy atom. The van der Waals surface area contributed by atoms with Gasteiger partial charge in [0.05, 0.1) is 6.20 Å². The molecule has 0 fully saturated rings. The maximum atomic E-state index is 12.1. The molecule has 8 heteroatoms. The van der Waals surface area contributed by atoms with Gasteiger partial charge in [0.25, 0.3) is 6.43 Å². The number of aromatic hydroxyl groups is 1. The summed E-state index contributed by atoms with van der Waals surface area (Å²) in [5, 5.41) is 13.7. The van der Waals surface area contributed by atoms with E-state index in [1.54, 1.807) is 0 Å². The van der Waals surface area contributed by atoms with Crippen molar-refractivity contribution in [2.75, 3.05) is 0 Å². The van der Waals surface area contributed by atoms with Gasteiger partial charge in [-0.25, -0.2) is 22.3 Å². The van der Waals surface area contributed by atoms with Crippen LogP contribution < -0.4 is 5.14 Å². The van der Waals surface area contributed by atoms with Crippen LogP contribution >= 0.6 is 0 Å². The molecule has 5 nitrogen and oxygen atoms in total. The van der Waals surface area contributed by atoms with Gasteiger partial charge in [0.1, 0.15) is 10.6 Å². The second kappa shape index (κ2) is 3.46. The monoisotopic (exact) mass is 224 g/mol. The Bertz CT molecular complexity index is 446. The summed E-state index contributed by atoms with van der Waals surface area (Å²) in [4.78, 5) is 2.37. The topological polar surface area (TPSA) is 93.3 Å². The predicted octanol–water partition coefficient (Wildman–Crippen LogP) is 0.372. The van der Waals surface area contributed by atoms with E-state index < -0.39 is 32.8 Å². The van der Waals surface area contributed by atoms with Crippen molar-refractivity contribution in [1.82, 2.24) is 4.98 Å². The van der Waals surface area contributed by atoms with E-state index in [4.69, 9.17) is 5.11 Å². The number of pyridine rings is 1. The lowest BCUT2D eigenvalue weighted by atomic mass is 10.3. The average molecular weight is 224 g/mol. The standard InChI is InChI=1S/C6H6F2N2O3S/c7-6(8)3-1-5(14(9,12)13)4(11)2-10-3/h1-2,6,11H,(H2,9,12,13). The first-order valence-electron chi connectivity index (χ1n) is 3.32. The summed E-state index contributed by atoms with van der Waals surface area (Å²) in [6, 6.07) is 0.537. The Balaban J connectivity index is 3.37. The molecule has 1 rings (SSSR count). The maximum absolute atomic E-state index is 12.1. The molecule has 0 bridgehead atoms. The molecule has 0 spiro atoms. The van der Waals surface area contributed by atoms with Crippen molar-refractivity contribution >= 4 is 10.0 Å². The van der Waals surface area contributed by atoms with E-state index in [0.29, 0.717) is 12.3 Å². The fourth-order valence-electron chi connectivity index (χ4n) is 0.792. The minimum absolute atomic E-state index is 0.537. The van der Waals surface area contributed by atoms with Crippen LogP contribution in [0.4, 0.5) is 8.78 Å². The van der Waals surface area contributed by atoms with Gasteiger partial charge in [-0.15, -0.1) is 0 Å². The van der Waals surface area contributed by atoms with Gasteiger partial charge in [0.15, 0.2) is 5.75 Å². The Kier molecular flexibility index (Phi) is 2.67. The number of alkyl halides is 2. The molecule has 0 atom stereocenters. The zero-order valence-electron chi connectivity index (χ0n) is 6.68. The summed E-state index contributed by atoms with van der Waals surface area (Å²) in [7, 11) is -4.21. The van der Waals surface area contributed by atoms with Crippen LogP contribution in [-0.4, -0.2) is 18.5 Å². The number of nitrogens with two attached hydrogens (primary N) is 1. The van der Waals surface area contributed by atoms with E-state index >= 15 is 0 Å². The number of sulfonamides is 1. The quantitative estimate of drug-likeness (QED) is 0.759. The molecule has 0 aromatic carbocycles. The molecular formula is C6H6F2N2O3S. The first kappa shape index (κ1) is 10.8. The first-order chi connectivity index (χ1) is 6.32. The molecule has 0 unspecified atom stereocenters. The van der Waals surface area contributed by atoms with Gasteiger partial charge in [0, 0.05) is 0 Å². The summed E-state index contributed by atoms with van der Waals surface area (Å²) >= 11 is 0. The van der Waals surface area contributed by atoms with E-state index in [9.17, 15) is 17.2 Å². The Morgan fingerprint density at radius 2 is 2.07 bits per heavy atom. The van der Waals surface area contributed by atoms with Crippen molar-refractivity contribution in [1.29, 1.82) is 0 Å². The van der Waals surface area contributed by atoms with Crippen LogP contribution in [0.2, 0.25) is 0 Å². The second-order valence-corrected chi connectivity index (χ2v) is 3.95. The molecule has 0 saturated heterocycles. The van der Waals surface area contributed by atoms with E-state index in [-0.39, 0.29) is 0 Å². The van der Waals surface area contributed by atoms with E-state index in [1.807, 2.05) is 0 Å². The smallest absolute Gasteiger partial charge is 0.280 e.